The van der Waals surface area contributed by atoms with Gasteiger partial charge in [-0.1, -0.05) is 22.9 Å². The number of thiazole rings is 1. The molecule has 3 rings (SSSR count). The third kappa shape index (κ3) is 4.17. The Morgan fingerprint density at radius 2 is 1.71 bits per heavy atom. The van der Waals surface area contributed by atoms with Crippen molar-refractivity contribution in [1.82, 2.24) is 4.57 Å². The lowest BCUT2D eigenvalue weighted by Crippen LogP contribution is -2.19. The highest BCUT2D eigenvalue weighted by atomic mass is 35.5. The van der Waals surface area contributed by atoms with Gasteiger partial charge in [-0.3, -0.25) is 0 Å². The second-order valence-electron chi connectivity index (χ2n) is 5.72. The van der Waals surface area contributed by atoms with Gasteiger partial charge in [0.25, 0.3) is 10.0 Å². The molecule has 150 valence electrons. The first-order chi connectivity index (χ1) is 13.4. The molecule has 0 saturated heterocycles. The Hall–Kier alpha value is -2.07. The molecule has 0 N–H and O–H groups in total. The van der Waals surface area contributed by atoms with Crippen molar-refractivity contribution in [2.45, 2.75) is 11.4 Å². The van der Waals surface area contributed by atoms with Crippen LogP contribution in [0.4, 0.5) is 0 Å². The molecule has 2 aromatic carbocycles. The molecule has 0 aliphatic heterocycles. The minimum atomic E-state index is -3.90. The van der Waals surface area contributed by atoms with E-state index >= 15 is 0 Å². The van der Waals surface area contributed by atoms with E-state index < -0.39 is 10.0 Å². The van der Waals surface area contributed by atoms with Crippen LogP contribution in [0.1, 0.15) is 0 Å². The van der Waals surface area contributed by atoms with Crippen molar-refractivity contribution in [3.63, 3.8) is 0 Å². The third-order valence-electron chi connectivity index (χ3n) is 4.02. The number of halogens is 1. The first-order valence-corrected chi connectivity index (χ1v) is 10.8. The van der Waals surface area contributed by atoms with Crippen molar-refractivity contribution in [2.75, 3.05) is 27.9 Å². The van der Waals surface area contributed by atoms with Crippen molar-refractivity contribution in [1.29, 1.82) is 0 Å². The Morgan fingerprint density at radius 3 is 2.32 bits per heavy atom. The number of hydrogen-bond donors (Lipinski definition) is 0. The Labute approximate surface area is 171 Å². The highest BCUT2D eigenvalue weighted by molar-refractivity contribution is 7.90. The van der Waals surface area contributed by atoms with Crippen LogP contribution in [0.25, 0.3) is 10.2 Å². The molecule has 10 heteroatoms. The zero-order chi connectivity index (χ0) is 20.3. The first kappa shape index (κ1) is 20.7. The van der Waals surface area contributed by atoms with Crippen LogP contribution in [-0.2, 0) is 21.3 Å². The van der Waals surface area contributed by atoms with Gasteiger partial charge in [0.15, 0.2) is 11.5 Å². The van der Waals surface area contributed by atoms with Crippen LogP contribution in [0.3, 0.4) is 0 Å². The van der Waals surface area contributed by atoms with E-state index in [-0.39, 0.29) is 4.90 Å². The average molecular weight is 443 g/mol. The lowest BCUT2D eigenvalue weighted by Gasteiger charge is -2.09. The van der Waals surface area contributed by atoms with Crippen molar-refractivity contribution in [3.05, 3.63) is 46.2 Å². The smallest absolute Gasteiger partial charge is 0.285 e. The Kier molecular flexibility index (Phi) is 6.29. The van der Waals surface area contributed by atoms with E-state index in [0.717, 1.165) is 10.2 Å². The molecule has 3 aromatic rings. The SMILES string of the molecule is COCCn1c(=NS(=O)(=O)c2ccc(Cl)cc2)sc2cc(OC)c(OC)cc21. The van der Waals surface area contributed by atoms with Gasteiger partial charge in [0.2, 0.25) is 4.80 Å². The van der Waals surface area contributed by atoms with Crippen LogP contribution in [-0.4, -0.2) is 40.9 Å². The van der Waals surface area contributed by atoms with Gasteiger partial charge in [-0.15, -0.1) is 4.40 Å². The molecular formula is C18H19ClN2O5S2. The molecular weight excluding hydrogens is 424 g/mol. The van der Waals surface area contributed by atoms with E-state index in [9.17, 15) is 8.42 Å². The van der Waals surface area contributed by atoms with E-state index in [1.807, 2.05) is 0 Å². The highest BCUT2D eigenvalue weighted by Crippen LogP contribution is 2.33. The summed E-state index contributed by atoms with van der Waals surface area (Å²) in [4.78, 5) is 0.403. The van der Waals surface area contributed by atoms with Crippen LogP contribution in [0, 0.1) is 0 Å². The molecule has 0 unspecified atom stereocenters. The summed E-state index contributed by atoms with van der Waals surface area (Å²) < 4.78 is 48.1. The Morgan fingerprint density at radius 1 is 1.07 bits per heavy atom. The maximum absolute atomic E-state index is 12.8. The van der Waals surface area contributed by atoms with E-state index in [1.54, 1.807) is 38.0 Å². The molecule has 0 saturated carbocycles. The normalized spacial score (nSPS) is 12.5. The number of benzene rings is 2. The van der Waals surface area contributed by atoms with Crippen molar-refractivity contribution < 1.29 is 22.6 Å². The zero-order valence-electron chi connectivity index (χ0n) is 15.5. The predicted octanol–water partition coefficient (Wildman–Crippen LogP) is 3.31. The predicted molar refractivity (Wildman–Crippen MR) is 109 cm³/mol. The average Bonchev–Trinajstić information content (AvgIpc) is 3.00. The van der Waals surface area contributed by atoms with Gasteiger partial charge in [0.05, 0.1) is 35.9 Å². The number of ether oxygens (including phenoxy) is 3. The molecule has 0 atom stereocenters. The summed E-state index contributed by atoms with van der Waals surface area (Å²) in [5.41, 5.74) is 0.782. The summed E-state index contributed by atoms with van der Waals surface area (Å²) >= 11 is 7.10. The molecule has 1 aromatic heterocycles. The van der Waals surface area contributed by atoms with Gasteiger partial charge in [0, 0.05) is 30.8 Å². The maximum atomic E-state index is 12.8. The van der Waals surface area contributed by atoms with Crippen LogP contribution < -0.4 is 14.3 Å². The van der Waals surface area contributed by atoms with Gasteiger partial charge >= 0.3 is 0 Å². The zero-order valence-corrected chi connectivity index (χ0v) is 17.9. The molecule has 0 bridgehead atoms. The maximum Gasteiger partial charge on any atom is 0.285 e. The minimum Gasteiger partial charge on any atom is -0.493 e. The second kappa shape index (κ2) is 8.52. The van der Waals surface area contributed by atoms with Gasteiger partial charge in [-0.05, 0) is 24.3 Å². The molecule has 1 heterocycles. The van der Waals surface area contributed by atoms with E-state index in [0.29, 0.717) is 34.5 Å². The van der Waals surface area contributed by atoms with Crippen LogP contribution in [0.5, 0.6) is 11.5 Å². The van der Waals surface area contributed by atoms with Gasteiger partial charge in [-0.25, -0.2) is 0 Å². The summed E-state index contributed by atoms with van der Waals surface area (Å²) in [6.07, 6.45) is 0. The van der Waals surface area contributed by atoms with E-state index in [1.165, 1.54) is 35.6 Å². The van der Waals surface area contributed by atoms with Crippen molar-refractivity contribution in [3.8, 4) is 11.5 Å². The van der Waals surface area contributed by atoms with Gasteiger partial charge in [-0.2, -0.15) is 8.42 Å². The molecule has 0 spiro atoms. The number of fused-ring (bicyclic) bond motifs is 1. The summed E-state index contributed by atoms with van der Waals surface area (Å²) in [6.45, 7) is 0.829. The van der Waals surface area contributed by atoms with Crippen LogP contribution >= 0.6 is 22.9 Å². The van der Waals surface area contributed by atoms with Crippen LogP contribution in [0.2, 0.25) is 5.02 Å². The van der Waals surface area contributed by atoms with Gasteiger partial charge < -0.3 is 18.8 Å². The number of aromatic nitrogens is 1. The fourth-order valence-corrected chi connectivity index (χ4v) is 5.02. The molecule has 0 radical (unpaired) electrons. The third-order valence-corrected chi connectivity index (χ3v) is 6.71. The molecule has 28 heavy (non-hydrogen) atoms. The first-order valence-electron chi connectivity index (χ1n) is 8.20. The second-order valence-corrected chi connectivity index (χ2v) is 8.77. The van der Waals surface area contributed by atoms with E-state index in [4.69, 9.17) is 25.8 Å². The number of methoxy groups -OCH3 is 3. The summed E-state index contributed by atoms with van der Waals surface area (Å²) in [5, 5.41) is 0.454. The highest BCUT2D eigenvalue weighted by Gasteiger charge is 2.17. The fraction of sp³-hybridized carbons (Fsp3) is 0.278. The Bertz CT molecular complexity index is 1150. The molecule has 0 aliphatic rings. The summed E-state index contributed by atoms with van der Waals surface area (Å²) in [5.74, 6) is 1.10. The topological polar surface area (TPSA) is 79.1 Å². The fourth-order valence-electron chi connectivity index (χ4n) is 2.63. The van der Waals surface area contributed by atoms with Crippen molar-refractivity contribution in [2.24, 2.45) is 4.40 Å². The lowest BCUT2D eigenvalue weighted by atomic mass is 10.3. The molecule has 0 fully saturated rings. The number of rotatable bonds is 7. The number of hydrogen-bond acceptors (Lipinski definition) is 6. The minimum absolute atomic E-state index is 0.0720. The molecule has 7 nitrogen and oxygen atoms in total. The summed E-state index contributed by atoms with van der Waals surface area (Å²) in [6, 6.07) is 9.50. The monoisotopic (exact) mass is 442 g/mol. The molecule has 0 aliphatic carbocycles. The van der Waals surface area contributed by atoms with Crippen LogP contribution in [0.15, 0.2) is 45.7 Å². The van der Waals surface area contributed by atoms with Gasteiger partial charge in [0.1, 0.15) is 0 Å². The lowest BCUT2D eigenvalue weighted by molar-refractivity contribution is 0.187. The standard InChI is InChI=1S/C18H19ClN2O5S2/c1-24-9-8-21-14-10-15(25-2)16(26-3)11-17(14)27-18(21)20-28(22,23)13-6-4-12(19)5-7-13/h4-7,10-11H,8-9H2,1-3H3. The number of nitrogens with zero attached hydrogens (tertiary/aromatic N) is 2. The largest absolute Gasteiger partial charge is 0.493 e. The van der Waals surface area contributed by atoms with E-state index in [2.05, 4.69) is 4.40 Å². The number of sulfonamides is 1. The van der Waals surface area contributed by atoms with Crippen molar-refractivity contribution >= 4 is 43.2 Å². The molecule has 0 amide bonds. The Balaban J connectivity index is 2.23. The quantitative estimate of drug-likeness (QED) is 0.560. The summed E-state index contributed by atoms with van der Waals surface area (Å²) in [7, 11) is 0.775.